The molecule has 3 rings (SSSR count). The largest absolute Gasteiger partial charge is 0.364 e. The molecule has 0 amide bonds. The number of benzene rings is 1. The van der Waals surface area contributed by atoms with E-state index >= 15 is 0 Å². The van der Waals surface area contributed by atoms with Crippen molar-refractivity contribution in [2.45, 2.75) is 50.2 Å². The van der Waals surface area contributed by atoms with Crippen LogP contribution in [0.25, 0.3) is 0 Å². The van der Waals surface area contributed by atoms with Gasteiger partial charge < -0.3 is 10.1 Å². The monoisotopic (exact) mass is 281 g/mol. The topological polar surface area (TPSA) is 21.3 Å². The van der Waals surface area contributed by atoms with Crippen molar-refractivity contribution in [3.63, 3.8) is 0 Å². The average molecular weight is 281 g/mol. The molecule has 1 heterocycles. The molecule has 1 unspecified atom stereocenters. The second-order valence-electron chi connectivity index (χ2n) is 5.98. The number of morpholine rings is 1. The number of rotatable bonds is 1. The molecule has 4 heteroatoms. The lowest BCUT2D eigenvalue weighted by molar-refractivity contribution is -0.127. The van der Waals surface area contributed by atoms with E-state index in [0.29, 0.717) is 12.1 Å². The van der Waals surface area contributed by atoms with Crippen molar-refractivity contribution < 1.29 is 13.5 Å². The average Bonchev–Trinajstić information content (AvgIpc) is 2.68. The first kappa shape index (κ1) is 14.0. The summed E-state index contributed by atoms with van der Waals surface area (Å²) < 4.78 is 33.6. The third kappa shape index (κ3) is 2.72. The highest BCUT2D eigenvalue weighted by Crippen LogP contribution is 2.37. The molecule has 0 aromatic heterocycles. The predicted octanol–water partition coefficient (Wildman–Crippen LogP) is 3.72. The summed E-state index contributed by atoms with van der Waals surface area (Å²) in [6, 6.07) is 4.32. The zero-order valence-electron chi connectivity index (χ0n) is 11.6. The van der Waals surface area contributed by atoms with E-state index in [2.05, 4.69) is 5.32 Å². The molecular weight excluding hydrogens is 260 g/mol. The Morgan fingerprint density at radius 1 is 1.10 bits per heavy atom. The fourth-order valence-corrected chi connectivity index (χ4v) is 3.43. The lowest BCUT2D eigenvalue weighted by Gasteiger charge is -2.41. The minimum atomic E-state index is -0.799. The zero-order valence-corrected chi connectivity index (χ0v) is 11.6. The summed E-state index contributed by atoms with van der Waals surface area (Å²) in [7, 11) is 0. The van der Waals surface area contributed by atoms with Gasteiger partial charge in [-0.2, -0.15) is 0 Å². The van der Waals surface area contributed by atoms with Gasteiger partial charge in [0.1, 0.15) is 0 Å². The van der Waals surface area contributed by atoms with Crippen molar-refractivity contribution in [3.8, 4) is 0 Å². The molecule has 1 aliphatic carbocycles. The summed E-state index contributed by atoms with van der Waals surface area (Å²) in [4.78, 5) is 0. The van der Waals surface area contributed by atoms with Crippen LogP contribution in [0, 0.1) is 11.6 Å². The number of nitrogens with one attached hydrogen (secondary N) is 1. The van der Waals surface area contributed by atoms with Crippen molar-refractivity contribution >= 4 is 0 Å². The first-order valence-corrected chi connectivity index (χ1v) is 7.53. The normalized spacial score (nSPS) is 26.4. The SMILES string of the molecule is Fc1cccc(C2CNCC3(CCCCCC3)O2)c1F. The van der Waals surface area contributed by atoms with Crippen molar-refractivity contribution in [2.24, 2.45) is 0 Å². The summed E-state index contributed by atoms with van der Waals surface area (Å²) in [5.74, 6) is -1.57. The maximum atomic E-state index is 13.9. The van der Waals surface area contributed by atoms with Gasteiger partial charge in [-0.1, -0.05) is 37.8 Å². The second-order valence-corrected chi connectivity index (χ2v) is 5.98. The molecule has 1 saturated heterocycles. The fourth-order valence-electron chi connectivity index (χ4n) is 3.43. The van der Waals surface area contributed by atoms with Gasteiger partial charge >= 0.3 is 0 Å². The van der Waals surface area contributed by atoms with Gasteiger partial charge in [0.25, 0.3) is 0 Å². The van der Waals surface area contributed by atoms with Crippen molar-refractivity contribution in [1.29, 1.82) is 0 Å². The highest BCUT2D eigenvalue weighted by molar-refractivity contribution is 5.22. The second kappa shape index (κ2) is 5.78. The molecule has 1 aromatic rings. The molecule has 2 fully saturated rings. The molecule has 2 aliphatic rings. The summed E-state index contributed by atoms with van der Waals surface area (Å²) in [6.45, 7) is 1.36. The maximum Gasteiger partial charge on any atom is 0.164 e. The quantitative estimate of drug-likeness (QED) is 0.847. The molecule has 110 valence electrons. The summed E-state index contributed by atoms with van der Waals surface area (Å²) in [5, 5.41) is 3.35. The Balaban J connectivity index is 1.82. The van der Waals surface area contributed by atoms with Crippen molar-refractivity contribution in [3.05, 3.63) is 35.4 Å². The van der Waals surface area contributed by atoms with Gasteiger partial charge in [0.05, 0.1) is 11.7 Å². The Hall–Kier alpha value is -1.00. The molecule has 0 bridgehead atoms. The van der Waals surface area contributed by atoms with Gasteiger partial charge in [-0.15, -0.1) is 0 Å². The smallest absolute Gasteiger partial charge is 0.164 e. The van der Waals surface area contributed by atoms with Crippen LogP contribution in [0.1, 0.15) is 50.2 Å². The lowest BCUT2D eigenvalue weighted by Crippen LogP contribution is -2.50. The Kier molecular flexibility index (Phi) is 4.03. The maximum absolute atomic E-state index is 13.9. The van der Waals surface area contributed by atoms with Crippen LogP contribution in [0.5, 0.6) is 0 Å². The van der Waals surface area contributed by atoms with E-state index in [1.165, 1.54) is 12.8 Å². The van der Waals surface area contributed by atoms with Gasteiger partial charge in [-0.3, -0.25) is 0 Å². The number of hydrogen-bond donors (Lipinski definition) is 1. The van der Waals surface area contributed by atoms with E-state index in [1.54, 1.807) is 12.1 Å². The van der Waals surface area contributed by atoms with Crippen molar-refractivity contribution in [1.82, 2.24) is 5.32 Å². The number of hydrogen-bond acceptors (Lipinski definition) is 2. The highest BCUT2D eigenvalue weighted by atomic mass is 19.2. The van der Waals surface area contributed by atoms with Crippen LogP contribution in [0.3, 0.4) is 0 Å². The Bertz CT molecular complexity index is 470. The van der Waals surface area contributed by atoms with Crippen LogP contribution in [-0.2, 0) is 4.74 Å². The van der Waals surface area contributed by atoms with Gasteiger partial charge in [-0.05, 0) is 18.9 Å². The van der Waals surface area contributed by atoms with Gasteiger partial charge in [0.15, 0.2) is 11.6 Å². The van der Waals surface area contributed by atoms with E-state index in [9.17, 15) is 8.78 Å². The van der Waals surface area contributed by atoms with E-state index < -0.39 is 17.7 Å². The standard InChI is InChI=1S/C16H21F2NO/c17-13-7-5-6-12(15(13)18)14-10-19-11-16(20-14)8-3-1-2-4-9-16/h5-7,14,19H,1-4,8-11H2. The third-order valence-electron chi connectivity index (χ3n) is 4.51. The summed E-state index contributed by atoms with van der Waals surface area (Å²) >= 11 is 0. The zero-order chi connectivity index (χ0) is 14.0. The number of halogens is 2. The molecule has 1 N–H and O–H groups in total. The van der Waals surface area contributed by atoms with E-state index in [0.717, 1.165) is 38.3 Å². The van der Waals surface area contributed by atoms with Crippen molar-refractivity contribution in [2.75, 3.05) is 13.1 Å². The van der Waals surface area contributed by atoms with Crippen LogP contribution >= 0.6 is 0 Å². The molecule has 1 aliphatic heterocycles. The lowest BCUT2D eigenvalue weighted by atomic mass is 9.91. The molecule has 2 nitrogen and oxygen atoms in total. The van der Waals surface area contributed by atoms with E-state index in [4.69, 9.17) is 4.74 Å². The summed E-state index contributed by atoms with van der Waals surface area (Å²) in [5.41, 5.74) is 0.138. The Labute approximate surface area is 118 Å². The highest BCUT2D eigenvalue weighted by Gasteiger charge is 2.38. The fraction of sp³-hybridized carbons (Fsp3) is 0.625. The van der Waals surface area contributed by atoms with Crippen LogP contribution in [0.4, 0.5) is 8.78 Å². The molecule has 1 aromatic carbocycles. The van der Waals surface area contributed by atoms with Gasteiger partial charge in [0.2, 0.25) is 0 Å². The first-order valence-electron chi connectivity index (χ1n) is 7.53. The van der Waals surface area contributed by atoms with Crippen LogP contribution in [0.2, 0.25) is 0 Å². The molecule has 1 saturated carbocycles. The minimum Gasteiger partial charge on any atom is -0.364 e. The van der Waals surface area contributed by atoms with Gasteiger partial charge in [0, 0.05) is 18.7 Å². The third-order valence-corrected chi connectivity index (χ3v) is 4.51. The predicted molar refractivity (Wildman–Crippen MR) is 73.5 cm³/mol. The minimum absolute atomic E-state index is 0.196. The van der Waals surface area contributed by atoms with Crippen LogP contribution in [-0.4, -0.2) is 18.7 Å². The van der Waals surface area contributed by atoms with E-state index in [1.807, 2.05) is 0 Å². The van der Waals surface area contributed by atoms with Crippen LogP contribution < -0.4 is 5.32 Å². The molecule has 1 spiro atoms. The molecular formula is C16H21F2NO. The summed E-state index contributed by atoms with van der Waals surface area (Å²) in [6.07, 6.45) is 6.41. The van der Waals surface area contributed by atoms with E-state index in [-0.39, 0.29) is 5.60 Å². The van der Waals surface area contributed by atoms with Gasteiger partial charge in [-0.25, -0.2) is 8.78 Å². The number of ether oxygens (including phenoxy) is 1. The Morgan fingerprint density at radius 2 is 1.85 bits per heavy atom. The molecule has 0 radical (unpaired) electrons. The molecule has 1 atom stereocenters. The Morgan fingerprint density at radius 3 is 2.60 bits per heavy atom. The molecule has 20 heavy (non-hydrogen) atoms. The first-order chi connectivity index (χ1) is 9.70. The van der Waals surface area contributed by atoms with Crippen LogP contribution in [0.15, 0.2) is 18.2 Å².